The van der Waals surface area contributed by atoms with E-state index in [-0.39, 0.29) is 25.7 Å². The van der Waals surface area contributed by atoms with Crippen LogP contribution >= 0.6 is 15.6 Å². The molecule has 482 valence electrons. The summed E-state index contributed by atoms with van der Waals surface area (Å²) in [7, 11) is -9.89. The lowest BCUT2D eigenvalue weighted by Gasteiger charge is -2.21. The molecule has 19 heteroatoms. The Morgan fingerprint density at radius 2 is 0.683 bits per heavy atom. The van der Waals surface area contributed by atoms with Gasteiger partial charge in [-0.05, 0) is 57.3 Å². The SMILES string of the molecule is CCCCCC/C=C\C=C/CCCCCCCC(=O)O[C@H](COC(=O)CCCCCCCCCCC(C)CC)COP(=O)(O)OC[C@@H](O)COP(=O)(O)OC[C@@H](COC(=O)CCCCCCC)OC(=O)CCCCCCCCCCCC. The van der Waals surface area contributed by atoms with Crippen LogP contribution in [-0.4, -0.2) is 96.7 Å². The summed E-state index contributed by atoms with van der Waals surface area (Å²) in [6.07, 6.45) is 42.8. The van der Waals surface area contributed by atoms with E-state index in [0.717, 1.165) is 115 Å². The highest BCUT2D eigenvalue weighted by atomic mass is 31.2. The van der Waals surface area contributed by atoms with Gasteiger partial charge in [-0.2, -0.15) is 0 Å². The van der Waals surface area contributed by atoms with Crippen molar-refractivity contribution in [1.82, 2.24) is 0 Å². The van der Waals surface area contributed by atoms with Gasteiger partial charge in [-0.3, -0.25) is 37.3 Å². The number of phosphoric ester groups is 2. The largest absolute Gasteiger partial charge is 0.472 e. The Kier molecular flexibility index (Phi) is 54.7. The first-order valence-electron chi connectivity index (χ1n) is 32.5. The molecule has 0 spiro atoms. The van der Waals surface area contributed by atoms with Crippen LogP contribution < -0.4 is 0 Å². The smallest absolute Gasteiger partial charge is 0.462 e. The molecule has 17 nitrogen and oxygen atoms in total. The van der Waals surface area contributed by atoms with Crippen molar-refractivity contribution in [3.05, 3.63) is 24.3 Å². The second-order valence-electron chi connectivity index (χ2n) is 22.4. The predicted molar refractivity (Wildman–Crippen MR) is 326 cm³/mol. The molecule has 0 aliphatic heterocycles. The Morgan fingerprint density at radius 1 is 0.390 bits per heavy atom. The third kappa shape index (κ3) is 55.4. The average Bonchev–Trinajstić information content (AvgIpc) is 3.45. The van der Waals surface area contributed by atoms with E-state index in [9.17, 15) is 43.2 Å². The predicted octanol–water partition coefficient (Wildman–Crippen LogP) is 17.0. The highest BCUT2D eigenvalue weighted by molar-refractivity contribution is 7.47. The van der Waals surface area contributed by atoms with E-state index in [2.05, 4.69) is 58.9 Å². The van der Waals surface area contributed by atoms with Crippen molar-refractivity contribution in [2.45, 2.75) is 310 Å². The molecule has 3 N–H and O–H groups in total. The van der Waals surface area contributed by atoms with E-state index in [1.165, 1.54) is 96.3 Å². The maximum Gasteiger partial charge on any atom is 0.472 e. The molecule has 0 aromatic carbocycles. The van der Waals surface area contributed by atoms with Gasteiger partial charge < -0.3 is 33.8 Å². The lowest BCUT2D eigenvalue weighted by Crippen LogP contribution is -2.30. The number of carbonyl (C=O) groups excluding carboxylic acids is 4. The Labute approximate surface area is 497 Å². The Bertz CT molecular complexity index is 1690. The molecule has 0 heterocycles. The highest BCUT2D eigenvalue weighted by Crippen LogP contribution is 2.45. The fourth-order valence-electron chi connectivity index (χ4n) is 8.83. The molecule has 6 atom stereocenters. The van der Waals surface area contributed by atoms with Crippen molar-refractivity contribution in [2.75, 3.05) is 39.6 Å². The van der Waals surface area contributed by atoms with E-state index < -0.39 is 97.5 Å². The minimum Gasteiger partial charge on any atom is -0.462 e. The van der Waals surface area contributed by atoms with Crippen LogP contribution in [0.1, 0.15) is 291 Å². The summed E-state index contributed by atoms with van der Waals surface area (Å²) in [5, 5.41) is 10.5. The molecule has 0 rings (SSSR count). The van der Waals surface area contributed by atoms with Gasteiger partial charge in [-0.25, -0.2) is 9.13 Å². The molecule has 0 aliphatic carbocycles. The minimum atomic E-state index is -4.95. The number of aliphatic hydroxyl groups is 1. The first-order valence-corrected chi connectivity index (χ1v) is 35.5. The normalized spacial score (nSPS) is 14.8. The average molecular weight is 1210 g/mol. The number of hydrogen-bond donors (Lipinski definition) is 3. The first kappa shape index (κ1) is 79.5. The van der Waals surface area contributed by atoms with Gasteiger partial charge >= 0.3 is 39.5 Å². The topological polar surface area (TPSA) is 237 Å². The molecule has 3 unspecified atom stereocenters. The number of esters is 4. The number of phosphoric acid groups is 2. The molecule has 0 radical (unpaired) electrons. The summed E-state index contributed by atoms with van der Waals surface area (Å²) < 4.78 is 67.7. The molecular formula is C63H118O17P2. The summed E-state index contributed by atoms with van der Waals surface area (Å²) in [4.78, 5) is 71.9. The summed E-state index contributed by atoms with van der Waals surface area (Å²) in [6.45, 7) is 7.02. The standard InChI is InChI=1S/C63H118O17P2/c1-6-10-13-16-18-20-22-23-24-25-26-28-34-39-44-49-63(68)80-59(53-74-61(66)47-42-37-32-30-29-31-36-40-45-56(5)9-4)55-78-82(71,72)76-51-57(64)50-75-81(69,70)77-54-58(52-73-60(65)46-41-35-15-12-8-3)79-62(67)48-43-38-33-27-21-19-17-14-11-7-2/h20,22-24,56-59,64H,6-19,21,25-55H2,1-5H3,(H,69,70)(H,71,72)/b22-20-,24-23-/t56?,57-,58+,59+/m0/s1. The lowest BCUT2D eigenvalue weighted by atomic mass is 9.99. The molecule has 0 amide bonds. The van der Waals surface area contributed by atoms with E-state index in [0.29, 0.717) is 25.7 Å². The monoisotopic (exact) mass is 1210 g/mol. The third-order valence-corrected chi connectivity index (χ3v) is 16.2. The molecule has 0 fully saturated rings. The van der Waals surface area contributed by atoms with Gasteiger partial charge in [-0.15, -0.1) is 0 Å². The number of hydrogen-bond acceptors (Lipinski definition) is 15. The van der Waals surface area contributed by atoms with Gasteiger partial charge in [0.05, 0.1) is 26.4 Å². The maximum atomic E-state index is 13.0. The van der Waals surface area contributed by atoms with Crippen molar-refractivity contribution < 1.29 is 80.2 Å². The van der Waals surface area contributed by atoms with Gasteiger partial charge in [0.1, 0.15) is 19.3 Å². The Balaban J connectivity index is 5.23. The second kappa shape index (κ2) is 56.4. The van der Waals surface area contributed by atoms with Gasteiger partial charge in [0, 0.05) is 25.7 Å². The summed E-state index contributed by atoms with van der Waals surface area (Å²) in [5.74, 6) is -1.40. The van der Waals surface area contributed by atoms with E-state index >= 15 is 0 Å². The third-order valence-electron chi connectivity index (χ3n) is 14.3. The fraction of sp³-hybridized carbons (Fsp3) is 0.873. The van der Waals surface area contributed by atoms with Crippen LogP contribution in [0.2, 0.25) is 0 Å². The first-order chi connectivity index (χ1) is 39.6. The van der Waals surface area contributed by atoms with Crippen LogP contribution in [-0.2, 0) is 65.4 Å². The summed E-state index contributed by atoms with van der Waals surface area (Å²) in [6, 6.07) is 0. The zero-order valence-corrected chi connectivity index (χ0v) is 53.9. The van der Waals surface area contributed by atoms with Gasteiger partial charge in [0.2, 0.25) is 0 Å². The Hall–Kier alpha value is -2.46. The van der Waals surface area contributed by atoms with Crippen LogP contribution in [0.25, 0.3) is 0 Å². The Morgan fingerprint density at radius 3 is 1.04 bits per heavy atom. The van der Waals surface area contributed by atoms with Crippen LogP contribution in [0.5, 0.6) is 0 Å². The molecular weight excluding hydrogens is 1090 g/mol. The van der Waals surface area contributed by atoms with Crippen molar-refractivity contribution >= 4 is 39.5 Å². The lowest BCUT2D eigenvalue weighted by molar-refractivity contribution is -0.161. The number of aliphatic hydroxyl groups excluding tert-OH is 1. The number of ether oxygens (including phenoxy) is 4. The van der Waals surface area contributed by atoms with Crippen LogP contribution in [0.4, 0.5) is 0 Å². The van der Waals surface area contributed by atoms with Crippen molar-refractivity contribution in [3.63, 3.8) is 0 Å². The van der Waals surface area contributed by atoms with E-state index in [4.69, 9.17) is 37.0 Å². The maximum absolute atomic E-state index is 13.0. The number of allylic oxidation sites excluding steroid dienone is 4. The number of carbonyl (C=O) groups is 4. The van der Waals surface area contributed by atoms with Crippen molar-refractivity contribution in [3.8, 4) is 0 Å². The molecule has 0 aromatic rings. The van der Waals surface area contributed by atoms with Crippen LogP contribution in [0.3, 0.4) is 0 Å². The van der Waals surface area contributed by atoms with Crippen molar-refractivity contribution in [2.24, 2.45) is 5.92 Å². The van der Waals surface area contributed by atoms with E-state index in [1.807, 2.05) is 0 Å². The zero-order chi connectivity index (χ0) is 60.6. The second-order valence-corrected chi connectivity index (χ2v) is 25.3. The molecule has 0 saturated carbocycles. The molecule has 0 saturated heterocycles. The van der Waals surface area contributed by atoms with Crippen molar-refractivity contribution in [1.29, 1.82) is 0 Å². The molecule has 0 aromatic heterocycles. The van der Waals surface area contributed by atoms with Gasteiger partial charge in [0.25, 0.3) is 0 Å². The number of rotatable bonds is 61. The number of unbranched alkanes of at least 4 members (excludes halogenated alkanes) is 29. The molecule has 0 bridgehead atoms. The molecule has 0 aliphatic rings. The molecule has 82 heavy (non-hydrogen) atoms. The van der Waals surface area contributed by atoms with Gasteiger partial charge in [0.15, 0.2) is 12.2 Å². The summed E-state index contributed by atoms with van der Waals surface area (Å²) in [5.41, 5.74) is 0. The summed E-state index contributed by atoms with van der Waals surface area (Å²) >= 11 is 0. The van der Waals surface area contributed by atoms with Crippen LogP contribution in [0.15, 0.2) is 24.3 Å². The van der Waals surface area contributed by atoms with E-state index in [1.54, 1.807) is 0 Å². The quantitative estimate of drug-likeness (QED) is 0.0169. The minimum absolute atomic E-state index is 0.0844. The zero-order valence-electron chi connectivity index (χ0n) is 52.1. The highest BCUT2D eigenvalue weighted by Gasteiger charge is 2.30. The van der Waals surface area contributed by atoms with Gasteiger partial charge in [-0.1, -0.05) is 239 Å². The van der Waals surface area contributed by atoms with Crippen LogP contribution in [0, 0.1) is 5.92 Å². The fourth-order valence-corrected chi connectivity index (χ4v) is 10.4.